The molecule has 0 fully saturated rings. The lowest BCUT2D eigenvalue weighted by Crippen LogP contribution is -2.33. The third-order valence-electron chi connectivity index (χ3n) is 1.99. The Bertz CT molecular complexity index is 480. The van der Waals surface area contributed by atoms with Gasteiger partial charge in [0.15, 0.2) is 5.78 Å². The Morgan fingerprint density at radius 2 is 2.07 bits per heavy atom. The van der Waals surface area contributed by atoms with Crippen LogP contribution < -0.4 is 5.32 Å². The maximum absolute atomic E-state index is 12.3. The molecule has 0 radical (unpaired) electrons. The topological polar surface area (TPSA) is 29.1 Å². The Kier molecular flexibility index (Phi) is 3.68. The molecular formula is C12H18ClNO. The van der Waals surface area contributed by atoms with E-state index in [4.69, 9.17) is 6.85 Å². The van der Waals surface area contributed by atoms with E-state index in [1.54, 1.807) is 7.05 Å². The highest BCUT2D eigenvalue weighted by Gasteiger charge is 2.16. The molecule has 1 rings (SSSR count). The molecule has 0 heterocycles. The normalized spacial score (nSPS) is 16.3. The Balaban J connectivity index is 0.00000361. The molecule has 84 valence electrons. The molecule has 1 aromatic rings. The molecule has 1 atom stereocenters. The van der Waals surface area contributed by atoms with Crippen molar-refractivity contribution in [2.45, 2.75) is 25.8 Å². The number of hydrogen-bond donors (Lipinski definition) is 1. The number of rotatable bonds is 5. The first-order valence-corrected chi connectivity index (χ1v) is 4.65. The minimum absolute atomic E-state index is 0. The zero-order valence-corrected chi connectivity index (χ0v) is 9.62. The van der Waals surface area contributed by atoms with Crippen LogP contribution in [0.2, 0.25) is 0 Å². The second-order valence-electron chi connectivity index (χ2n) is 2.99. The van der Waals surface area contributed by atoms with Gasteiger partial charge < -0.3 is 5.32 Å². The van der Waals surface area contributed by atoms with Gasteiger partial charge >= 0.3 is 0 Å². The van der Waals surface area contributed by atoms with Gasteiger partial charge in [0.05, 0.1) is 12.9 Å². The standard InChI is InChI=1S/C12H17NO.ClH/c1-3-7-11(13-2)12(14)10-8-5-4-6-9-10;/h4-6,8-9,11,13H,3,7H2,1-2H3;1H/i4D,5D,6D,8D,9D;. The predicted molar refractivity (Wildman–Crippen MR) is 65.8 cm³/mol. The number of ketones is 1. The lowest BCUT2D eigenvalue weighted by molar-refractivity contribution is 0.0942. The smallest absolute Gasteiger partial charge is 0.179 e. The SMILES string of the molecule is Cl.[2H]c1c([2H])c([2H])c(C(=O)C(CCC)NC)c([2H])c1[2H]. The largest absolute Gasteiger partial charge is 0.310 e. The zero-order chi connectivity index (χ0) is 14.7. The van der Waals surface area contributed by atoms with Crippen LogP contribution in [-0.4, -0.2) is 18.9 Å². The van der Waals surface area contributed by atoms with Crippen molar-refractivity contribution >= 4 is 18.2 Å². The van der Waals surface area contributed by atoms with E-state index in [1.165, 1.54) is 0 Å². The quantitative estimate of drug-likeness (QED) is 0.791. The van der Waals surface area contributed by atoms with E-state index in [-0.39, 0.29) is 18.0 Å². The molecule has 0 bridgehead atoms. The van der Waals surface area contributed by atoms with Crippen LogP contribution in [0.3, 0.4) is 0 Å². The van der Waals surface area contributed by atoms with Crippen molar-refractivity contribution in [2.75, 3.05) is 7.05 Å². The van der Waals surface area contributed by atoms with Gasteiger partial charge in [-0.1, -0.05) is 43.6 Å². The molecule has 3 heteroatoms. The van der Waals surface area contributed by atoms with E-state index < -0.39 is 42.0 Å². The summed E-state index contributed by atoms with van der Waals surface area (Å²) in [7, 11) is 1.62. The van der Waals surface area contributed by atoms with E-state index in [1.807, 2.05) is 6.92 Å². The third kappa shape index (κ3) is 4.02. The Labute approximate surface area is 105 Å². The Morgan fingerprint density at radius 3 is 2.53 bits per heavy atom. The van der Waals surface area contributed by atoms with Gasteiger partial charge in [-0.05, 0) is 13.5 Å². The number of Topliss-reactive ketones (excluding diaryl/α,β-unsaturated/α-hetero) is 1. The van der Waals surface area contributed by atoms with Crippen LogP contribution in [0.4, 0.5) is 0 Å². The molecule has 15 heavy (non-hydrogen) atoms. The summed E-state index contributed by atoms with van der Waals surface area (Å²) in [5.41, 5.74) is -0.237. The van der Waals surface area contributed by atoms with Crippen LogP contribution in [0.15, 0.2) is 30.2 Å². The molecule has 0 aliphatic rings. The molecule has 1 unspecified atom stereocenters. The van der Waals surface area contributed by atoms with Crippen molar-refractivity contribution < 1.29 is 11.6 Å². The minimum Gasteiger partial charge on any atom is -0.310 e. The summed E-state index contributed by atoms with van der Waals surface area (Å²) in [5, 5.41) is 2.82. The van der Waals surface area contributed by atoms with Gasteiger partial charge in [0.25, 0.3) is 0 Å². The lowest BCUT2D eigenvalue weighted by atomic mass is 10.0. The average molecular weight is 233 g/mol. The van der Waals surface area contributed by atoms with Gasteiger partial charge in [0.2, 0.25) is 0 Å². The van der Waals surface area contributed by atoms with Crippen LogP contribution in [0.25, 0.3) is 0 Å². The van der Waals surface area contributed by atoms with E-state index in [2.05, 4.69) is 5.32 Å². The summed E-state index contributed by atoms with van der Waals surface area (Å²) in [5.74, 6) is -0.457. The highest BCUT2D eigenvalue weighted by Crippen LogP contribution is 2.07. The van der Waals surface area contributed by atoms with Gasteiger partial charge in [-0.2, -0.15) is 0 Å². The van der Waals surface area contributed by atoms with Crippen LogP contribution in [-0.2, 0) is 0 Å². The molecule has 0 spiro atoms. The number of likely N-dealkylation sites (N-methyl/N-ethyl adjacent to an activating group) is 1. The molecule has 0 amide bonds. The van der Waals surface area contributed by atoms with Crippen molar-refractivity contribution in [2.24, 2.45) is 0 Å². The third-order valence-corrected chi connectivity index (χ3v) is 1.99. The average Bonchev–Trinajstić information content (AvgIpc) is 2.40. The van der Waals surface area contributed by atoms with Crippen LogP contribution in [0.5, 0.6) is 0 Å². The van der Waals surface area contributed by atoms with Crippen molar-refractivity contribution in [3.05, 3.63) is 35.8 Å². The molecule has 0 saturated carbocycles. The number of halogens is 1. The molecule has 2 nitrogen and oxygen atoms in total. The van der Waals surface area contributed by atoms with E-state index in [0.29, 0.717) is 6.42 Å². The van der Waals surface area contributed by atoms with Crippen molar-refractivity contribution in [1.29, 1.82) is 0 Å². The monoisotopic (exact) mass is 232 g/mol. The van der Waals surface area contributed by atoms with Crippen molar-refractivity contribution in [3.63, 3.8) is 0 Å². The number of hydrogen-bond acceptors (Lipinski definition) is 2. The fourth-order valence-corrected chi connectivity index (χ4v) is 1.24. The fourth-order valence-electron chi connectivity index (χ4n) is 1.24. The maximum Gasteiger partial charge on any atom is 0.179 e. The fraction of sp³-hybridized carbons (Fsp3) is 0.417. The van der Waals surface area contributed by atoms with Crippen molar-refractivity contribution in [3.8, 4) is 0 Å². The zero-order valence-electron chi connectivity index (χ0n) is 13.8. The molecule has 0 aliphatic carbocycles. The number of carbonyl (C=O) groups is 1. The first-order chi connectivity index (χ1) is 8.86. The Morgan fingerprint density at radius 1 is 1.47 bits per heavy atom. The summed E-state index contributed by atoms with van der Waals surface area (Å²) in [6.45, 7) is 1.92. The number of carbonyl (C=O) groups excluding carboxylic acids is 1. The van der Waals surface area contributed by atoms with Gasteiger partial charge in [0, 0.05) is 5.56 Å². The van der Waals surface area contributed by atoms with Crippen LogP contribution in [0.1, 0.15) is 37.0 Å². The molecule has 0 saturated heterocycles. The second kappa shape index (κ2) is 7.43. The highest BCUT2D eigenvalue weighted by molar-refractivity contribution is 6.00. The summed E-state index contributed by atoms with van der Waals surface area (Å²) < 4.78 is 38.1. The molecule has 0 aromatic heterocycles. The highest BCUT2D eigenvalue weighted by atomic mass is 35.5. The molecular weight excluding hydrogens is 210 g/mol. The number of nitrogens with one attached hydrogen (secondary N) is 1. The van der Waals surface area contributed by atoms with E-state index in [9.17, 15) is 4.79 Å². The predicted octanol–water partition coefficient (Wildman–Crippen LogP) is 2.68. The minimum atomic E-state index is -0.534. The summed E-state index contributed by atoms with van der Waals surface area (Å²) in [6.07, 6.45) is 1.31. The summed E-state index contributed by atoms with van der Waals surface area (Å²) >= 11 is 0. The van der Waals surface area contributed by atoms with E-state index >= 15 is 0 Å². The van der Waals surface area contributed by atoms with Gasteiger partial charge in [-0.15, -0.1) is 12.4 Å². The van der Waals surface area contributed by atoms with Gasteiger partial charge in [-0.25, -0.2) is 0 Å². The van der Waals surface area contributed by atoms with Gasteiger partial charge in [0.1, 0.15) is 0 Å². The first-order valence-electron chi connectivity index (χ1n) is 7.15. The molecule has 0 aliphatic heterocycles. The van der Waals surface area contributed by atoms with E-state index in [0.717, 1.165) is 6.42 Å². The van der Waals surface area contributed by atoms with Crippen LogP contribution in [0, 0.1) is 0 Å². The first kappa shape index (κ1) is 7.42. The molecule has 1 N–H and O–H groups in total. The second-order valence-corrected chi connectivity index (χ2v) is 2.99. The van der Waals surface area contributed by atoms with Crippen molar-refractivity contribution in [1.82, 2.24) is 5.32 Å². The van der Waals surface area contributed by atoms with Gasteiger partial charge in [-0.3, -0.25) is 4.79 Å². The Hall–Kier alpha value is -0.860. The number of benzene rings is 1. The van der Waals surface area contributed by atoms with Crippen LogP contribution >= 0.6 is 12.4 Å². The lowest BCUT2D eigenvalue weighted by Gasteiger charge is -2.13. The summed E-state index contributed by atoms with van der Waals surface area (Å²) in [4.78, 5) is 12.3. The maximum atomic E-state index is 12.3. The summed E-state index contributed by atoms with van der Waals surface area (Å²) in [6, 6.07) is -2.84. The molecule has 1 aromatic carbocycles.